The Kier molecular flexibility index (Phi) is 7.55. The van der Waals surface area contributed by atoms with Gasteiger partial charge in [0.15, 0.2) is 0 Å². The lowest BCUT2D eigenvalue weighted by Crippen LogP contribution is -2.21. The largest absolute Gasteiger partial charge is 0.491 e. The first-order chi connectivity index (χ1) is 9.47. The van der Waals surface area contributed by atoms with Gasteiger partial charge < -0.3 is 15.8 Å². The van der Waals surface area contributed by atoms with E-state index in [1.54, 1.807) is 7.05 Å². The van der Waals surface area contributed by atoms with Gasteiger partial charge in [-0.05, 0) is 62.4 Å². The normalized spacial score (nSPS) is 12.1. The van der Waals surface area contributed by atoms with Gasteiger partial charge in [-0.25, -0.2) is 0 Å². The molecule has 0 aliphatic heterocycles. The Balaban J connectivity index is 2.71. The number of nitrogens with two attached hydrogens (primary N) is 1. The van der Waals surface area contributed by atoms with Gasteiger partial charge >= 0.3 is 0 Å². The zero-order chi connectivity index (χ0) is 15.1. The Morgan fingerprint density at radius 2 is 2.00 bits per heavy atom. The Morgan fingerprint density at radius 1 is 1.40 bits per heavy atom. The highest BCUT2D eigenvalue weighted by Gasteiger charge is 2.11. The highest BCUT2D eigenvalue weighted by Crippen LogP contribution is 2.35. The first kappa shape index (κ1) is 17.5. The van der Waals surface area contributed by atoms with Gasteiger partial charge in [-0.1, -0.05) is 6.92 Å². The minimum Gasteiger partial charge on any atom is -0.491 e. The number of halogens is 2. The molecule has 20 heavy (non-hydrogen) atoms. The summed E-state index contributed by atoms with van der Waals surface area (Å²) < 4.78 is 7.37. The fourth-order valence-electron chi connectivity index (χ4n) is 1.69. The smallest absolute Gasteiger partial charge is 0.223 e. The zero-order valence-corrected chi connectivity index (χ0v) is 14.9. The van der Waals surface area contributed by atoms with E-state index in [1.165, 1.54) is 0 Å². The highest BCUT2D eigenvalue weighted by atomic mass is 79.9. The molecule has 0 aliphatic carbocycles. The fraction of sp³-hybridized carbons (Fsp3) is 0.500. The summed E-state index contributed by atoms with van der Waals surface area (Å²) in [6.45, 7) is 2.41. The van der Waals surface area contributed by atoms with Crippen LogP contribution in [0.5, 0.6) is 5.75 Å². The average molecular weight is 408 g/mol. The SMILES string of the molecule is CCC(N)Cc1cc(Br)c(OCCC(=O)NC)c(Br)c1. The van der Waals surface area contributed by atoms with Crippen LogP contribution in [0.4, 0.5) is 0 Å². The topological polar surface area (TPSA) is 64.3 Å². The Bertz CT molecular complexity index is 443. The predicted octanol–water partition coefficient (Wildman–Crippen LogP) is 3.01. The number of amides is 1. The first-order valence-corrected chi connectivity index (χ1v) is 8.13. The number of carbonyl (C=O) groups is 1. The minimum absolute atomic E-state index is 0.0391. The summed E-state index contributed by atoms with van der Waals surface area (Å²) in [5.41, 5.74) is 7.12. The number of nitrogens with one attached hydrogen (secondary N) is 1. The van der Waals surface area contributed by atoms with Crippen LogP contribution in [0.15, 0.2) is 21.1 Å². The van der Waals surface area contributed by atoms with E-state index < -0.39 is 0 Å². The Morgan fingerprint density at radius 3 is 2.50 bits per heavy atom. The third kappa shape index (κ3) is 5.42. The third-order valence-corrected chi connectivity index (χ3v) is 4.11. The van der Waals surface area contributed by atoms with Crippen LogP contribution in [0.1, 0.15) is 25.3 Å². The van der Waals surface area contributed by atoms with Crippen molar-refractivity contribution in [3.8, 4) is 5.75 Å². The molecule has 0 saturated heterocycles. The quantitative estimate of drug-likeness (QED) is 0.730. The maximum atomic E-state index is 11.2. The molecule has 1 aromatic rings. The van der Waals surface area contributed by atoms with Crippen LogP contribution in [0, 0.1) is 0 Å². The standard InChI is InChI=1S/C14H20Br2N2O2/c1-3-10(17)6-9-7-11(15)14(12(16)8-9)20-5-4-13(19)18-2/h7-8,10H,3-6,17H2,1-2H3,(H,18,19). The van der Waals surface area contributed by atoms with E-state index in [4.69, 9.17) is 10.5 Å². The van der Waals surface area contributed by atoms with E-state index in [0.29, 0.717) is 18.8 Å². The number of rotatable bonds is 7. The van der Waals surface area contributed by atoms with Gasteiger partial charge in [-0.3, -0.25) is 4.79 Å². The maximum absolute atomic E-state index is 11.2. The molecule has 1 aromatic carbocycles. The van der Waals surface area contributed by atoms with Crippen molar-refractivity contribution in [3.63, 3.8) is 0 Å². The molecule has 1 rings (SSSR count). The van der Waals surface area contributed by atoms with Crippen LogP contribution in [-0.4, -0.2) is 25.6 Å². The highest BCUT2D eigenvalue weighted by molar-refractivity contribution is 9.11. The van der Waals surface area contributed by atoms with Crippen molar-refractivity contribution >= 4 is 37.8 Å². The Hall–Kier alpha value is -0.590. The molecule has 0 saturated carbocycles. The monoisotopic (exact) mass is 406 g/mol. The van der Waals surface area contributed by atoms with Crippen LogP contribution in [0.2, 0.25) is 0 Å². The van der Waals surface area contributed by atoms with Crippen molar-refractivity contribution < 1.29 is 9.53 Å². The van der Waals surface area contributed by atoms with Crippen molar-refractivity contribution in [1.82, 2.24) is 5.32 Å². The molecule has 0 bridgehead atoms. The van der Waals surface area contributed by atoms with E-state index in [9.17, 15) is 4.79 Å². The number of hydrogen-bond acceptors (Lipinski definition) is 3. The third-order valence-electron chi connectivity index (χ3n) is 2.93. The van der Waals surface area contributed by atoms with Gasteiger partial charge in [-0.2, -0.15) is 0 Å². The van der Waals surface area contributed by atoms with Crippen molar-refractivity contribution in [2.24, 2.45) is 5.73 Å². The van der Waals surface area contributed by atoms with Crippen molar-refractivity contribution in [2.45, 2.75) is 32.2 Å². The minimum atomic E-state index is -0.0391. The second-order valence-corrected chi connectivity index (χ2v) is 6.24. The summed E-state index contributed by atoms with van der Waals surface area (Å²) in [6, 6.07) is 4.18. The maximum Gasteiger partial charge on any atom is 0.223 e. The zero-order valence-electron chi connectivity index (χ0n) is 11.7. The van der Waals surface area contributed by atoms with Gasteiger partial charge in [-0.15, -0.1) is 0 Å². The van der Waals surface area contributed by atoms with Crippen LogP contribution >= 0.6 is 31.9 Å². The molecule has 0 fully saturated rings. The van der Waals surface area contributed by atoms with E-state index >= 15 is 0 Å². The molecular formula is C14H20Br2N2O2. The summed E-state index contributed by atoms with van der Waals surface area (Å²) in [6.07, 6.45) is 2.10. The van der Waals surface area contributed by atoms with Gasteiger partial charge in [0.2, 0.25) is 5.91 Å². The van der Waals surface area contributed by atoms with Gasteiger partial charge in [0.05, 0.1) is 22.0 Å². The van der Waals surface area contributed by atoms with Gasteiger partial charge in [0, 0.05) is 13.1 Å². The predicted molar refractivity (Wildman–Crippen MR) is 88.0 cm³/mol. The summed E-state index contributed by atoms with van der Waals surface area (Å²) in [7, 11) is 1.61. The fourth-order valence-corrected chi connectivity index (χ4v) is 3.20. The van der Waals surface area contributed by atoms with Crippen molar-refractivity contribution in [2.75, 3.05) is 13.7 Å². The second-order valence-electron chi connectivity index (χ2n) is 4.53. The molecule has 0 heterocycles. The molecule has 3 N–H and O–H groups in total. The molecule has 112 valence electrons. The summed E-state index contributed by atoms with van der Waals surface area (Å²) in [5.74, 6) is 0.672. The van der Waals surface area contributed by atoms with Crippen LogP contribution in [0.3, 0.4) is 0 Å². The summed E-state index contributed by atoms with van der Waals surface area (Å²) in [4.78, 5) is 11.2. The van der Waals surface area contributed by atoms with E-state index in [1.807, 2.05) is 12.1 Å². The number of hydrogen-bond donors (Lipinski definition) is 2. The molecule has 0 spiro atoms. The lowest BCUT2D eigenvalue weighted by Gasteiger charge is -2.14. The number of ether oxygens (including phenoxy) is 1. The van der Waals surface area contributed by atoms with Crippen molar-refractivity contribution in [3.05, 3.63) is 26.6 Å². The molecular weight excluding hydrogens is 388 g/mol. The van der Waals surface area contributed by atoms with Crippen LogP contribution in [0.25, 0.3) is 0 Å². The number of carbonyl (C=O) groups excluding carboxylic acids is 1. The molecule has 0 aromatic heterocycles. The Labute approximate surface area is 136 Å². The van der Waals surface area contributed by atoms with E-state index in [-0.39, 0.29) is 11.9 Å². The second kappa shape index (κ2) is 8.64. The molecule has 1 unspecified atom stereocenters. The van der Waals surface area contributed by atoms with Crippen LogP contribution in [-0.2, 0) is 11.2 Å². The lowest BCUT2D eigenvalue weighted by atomic mass is 10.0. The molecule has 6 heteroatoms. The van der Waals surface area contributed by atoms with Gasteiger partial charge in [0.1, 0.15) is 5.75 Å². The van der Waals surface area contributed by atoms with Crippen LogP contribution < -0.4 is 15.8 Å². The van der Waals surface area contributed by atoms with Gasteiger partial charge in [0.25, 0.3) is 0 Å². The van der Waals surface area contributed by atoms with E-state index in [2.05, 4.69) is 44.1 Å². The summed E-state index contributed by atoms with van der Waals surface area (Å²) >= 11 is 7.00. The lowest BCUT2D eigenvalue weighted by molar-refractivity contribution is -0.121. The summed E-state index contributed by atoms with van der Waals surface area (Å²) in [5, 5.41) is 2.56. The average Bonchev–Trinajstić information content (AvgIpc) is 2.41. The number of benzene rings is 1. The first-order valence-electron chi connectivity index (χ1n) is 6.54. The molecule has 1 atom stereocenters. The molecule has 0 aliphatic rings. The molecule has 4 nitrogen and oxygen atoms in total. The van der Waals surface area contributed by atoms with E-state index in [0.717, 1.165) is 27.4 Å². The molecule has 1 amide bonds. The van der Waals surface area contributed by atoms with Crippen molar-refractivity contribution in [1.29, 1.82) is 0 Å². The molecule has 0 radical (unpaired) electrons.